The van der Waals surface area contributed by atoms with Crippen LogP contribution in [-0.4, -0.2) is 31.9 Å². The molecule has 0 saturated carbocycles. The predicted octanol–water partition coefficient (Wildman–Crippen LogP) is 9.06. The van der Waals surface area contributed by atoms with Crippen molar-refractivity contribution in [2.24, 2.45) is 0 Å². The van der Waals surface area contributed by atoms with E-state index < -0.39 is 17.8 Å². The number of ketones is 1. The maximum Gasteiger partial charge on any atom is 0.341 e. The molecule has 0 saturated heterocycles. The Bertz CT molecular complexity index is 2080. The van der Waals surface area contributed by atoms with Crippen molar-refractivity contribution in [1.29, 1.82) is 0 Å². The highest BCUT2D eigenvalue weighted by Crippen LogP contribution is 2.38. The molecule has 1 aliphatic rings. The fraction of sp³-hybridized carbons (Fsp3) is 0.195. The van der Waals surface area contributed by atoms with Gasteiger partial charge < -0.3 is 32.5 Å². The van der Waals surface area contributed by atoms with E-state index in [1.807, 2.05) is 24.3 Å². The summed E-state index contributed by atoms with van der Waals surface area (Å²) in [5.41, 5.74) is 3.85. The minimum Gasteiger partial charge on any atom is -0.486 e. The van der Waals surface area contributed by atoms with Gasteiger partial charge in [-0.05, 0) is 97.8 Å². The first kappa shape index (κ1) is 36.9. The van der Waals surface area contributed by atoms with Gasteiger partial charge in [-0.1, -0.05) is 19.9 Å². The first-order valence-corrected chi connectivity index (χ1v) is 16.3. The van der Waals surface area contributed by atoms with E-state index in [0.29, 0.717) is 56.8 Å². The Morgan fingerprint density at radius 1 is 0.788 bits per heavy atom. The number of furan rings is 2. The highest BCUT2D eigenvalue weighted by Gasteiger charge is 2.19. The largest absolute Gasteiger partial charge is 0.486 e. The number of aryl methyl sites for hydroxylation is 1. The molecule has 2 aromatic heterocycles. The number of methoxy groups -OCH3 is 2. The number of fused-ring (bicyclic) bond motifs is 1. The van der Waals surface area contributed by atoms with Gasteiger partial charge in [-0.25, -0.2) is 14.0 Å². The van der Waals surface area contributed by atoms with E-state index in [4.69, 9.17) is 27.8 Å². The zero-order chi connectivity index (χ0) is 37.2. The van der Waals surface area contributed by atoms with Crippen molar-refractivity contribution in [3.63, 3.8) is 0 Å². The minimum absolute atomic E-state index is 0.0443. The maximum absolute atomic E-state index is 12.9. The van der Waals surface area contributed by atoms with Crippen molar-refractivity contribution < 1.29 is 51.3 Å². The average Bonchev–Trinajstić information content (AvgIpc) is 3.79. The van der Waals surface area contributed by atoms with Crippen LogP contribution < -0.4 is 14.2 Å². The van der Waals surface area contributed by atoms with Crippen molar-refractivity contribution in [2.75, 3.05) is 14.2 Å². The van der Waals surface area contributed by atoms with Gasteiger partial charge in [0.05, 0.1) is 20.5 Å². The lowest BCUT2D eigenvalue weighted by Crippen LogP contribution is -2.05. The van der Waals surface area contributed by atoms with Gasteiger partial charge in [0.2, 0.25) is 0 Å². The normalized spacial score (nSPS) is 11.6. The van der Waals surface area contributed by atoms with Gasteiger partial charge in [0.1, 0.15) is 64.7 Å². The van der Waals surface area contributed by atoms with Crippen LogP contribution in [0.3, 0.4) is 0 Å². The third kappa shape index (κ3) is 9.05. The number of carbonyl (C=O) groups is 3. The maximum atomic E-state index is 12.9. The van der Waals surface area contributed by atoms with Crippen LogP contribution in [0.25, 0.3) is 5.57 Å². The lowest BCUT2D eigenvalue weighted by atomic mass is 9.98. The summed E-state index contributed by atoms with van der Waals surface area (Å²) in [6, 6.07) is 20.8. The van der Waals surface area contributed by atoms with E-state index in [-0.39, 0.29) is 19.0 Å². The van der Waals surface area contributed by atoms with Crippen LogP contribution in [0.1, 0.15) is 79.2 Å². The Hall–Kier alpha value is -6.36. The summed E-state index contributed by atoms with van der Waals surface area (Å²) in [5.74, 6) is 2.41. The number of hydrogen-bond acceptors (Lipinski definition) is 10. The molecule has 3 heterocycles. The van der Waals surface area contributed by atoms with Gasteiger partial charge in [0, 0.05) is 22.8 Å². The van der Waals surface area contributed by atoms with Gasteiger partial charge in [-0.15, -0.1) is 0 Å². The Morgan fingerprint density at radius 2 is 1.42 bits per heavy atom. The summed E-state index contributed by atoms with van der Waals surface area (Å²) in [4.78, 5) is 35.6. The number of allylic oxidation sites excluding steroid dienone is 2. The zero-order valence-electron chi connectivity index (χ0n) is 29.2. The molecule has 0 atom stereocenters. The van der Waals surface area contributed by atoms with Crippen LogP contribution in [0.2, 0.25) is 0 Å². The first-order chi connectivity index (χ1) is 25.1. The SMILES string of the molecule is C=C1C=C(CCC)c2ccc(OCc3cc(C(=O)OC)c(C)o3)cc2O1.COC(=O)c1ccoc1COc1ccc(C(=O)c2ccc(F)cc2)cc1. The van der Waals surface area contributed by atoms with E-state index in [0.717, 1.165) is 24.2 Å². The van der Waals surface area contributed by atoms with Gasteiger partial charge >= 0.3 is 11.9 Å². The summed E-state index contributed by atoms with van der Waals surface area (Å²) < 4.78 is 50.2. The molecule has 52 heavy (non-hydrogen) atoms. The minimum atomic E-state index is -0.502. The average molecular weight is 709 g/mol. The molecular formula is C41H37FO10. The van der Waals surface area contributed by atoms with Crippen molar-refractivity contribution in [2.45, 2.75) is 39.9 Å². The Labute approximate surface area is 300 Å². The molecule has 11 heteroatoms. The van der Waals surface area contributed by atoms with Gasteiger partial charge in [0.15, 0.2) is 11.5 Å². The zero-order valence-corrected chi connectivity index (χ0v) is 29.2. The fourth-order valence-electron chi connectivity index (χ4n) is 5.31. The predicted molar refractivity (Wildman–Crippen MR) is 189 cm³/mol. The van der Waals surface area contributed by atoms with Gasteiger partial charge in [-0.3, -0.25) is 4.79 Å². The molecule has 3 aromatic carbocycles. The Balaban J connectivity index is 0.000000201. The highest BCUT2D eigenvalue weighted by atomic mass is 19.1. The number of ether oxygens (including phenoxy) is 5. The second-order valence-corrected chi connectivity index (χ2v) is 11.5. The second-order valence-electron chi connectivity index (χ2n) is 11.5. The fourth-order valence-corrected chi connectivity index (χ4v) is 5.31. The van der Waals surface area contributed by atoms with Crippen molar-refractivity contribution in [3.05, 3.63) is 154 Å². The lowest BCUT2D eigenvalue weighted by Gasteiger charge is -2.20. The highest BCUT2D eigenvalue weighted by molar-refractivity contribution is 6.09. The molecule has 5 aromatic rings. The van der Waals surface area contributed by atoms with Crippen LogP contribution in [-0.2, 0) is 22.7 Å². The number of carbonyl (C=O) groups excluding carboxylic acids is 3. The van der Waals surface area contributed by atoms with Crippen molar-refractivity contribution in [1.82, 2.24) is 0 Å². The van der Waals surface area contributed by atoms with E-state index in [1.165, 1.54) is 56.4 Å². The molecular weight excluding hydrogens is 671 g/mol. The second kappa shape index (κ2) is 17.0. The topological polar surface area (TPSA) is 124 Å². The number of rotatable bonds is 12. The number of hydrogen-bond donors (Lipinski definition) is 0. The molecule has 268 valence electrons. The van der Waals surface area contributed by atoms with E-state index >= 15 is 0 Å². The quantitative estimate of drug-likeness (QED) is 0.0916. The van der Waals surface area contributed by atoms with Crippen molar-refractivity contribution >= 4 is 23.3 Å². The summed E-state index contributed by atoms with van der Waals surface area (Å²) in [6.45, 7) is 8.02. The summed E-state index contributed by atoms with van der Waals surface area (Å²) >= 11 is 0. The Morgan fingerprint density at radius 3 is 2.10 bits per heavy atom. The van der Waals surface area contributed by atoms with E-state index in [9.17, 15) is 18.8 Å². The molecule has 0 radical (unpaired) electrons. The van der Waals surface area contributed by atoms with Crippen molar-refractivity contribution in [3.8, 4) is 17.2 Å². The Kier molecular flexibility index (Phi) is 12.1. The molecule has 0 fully saturated rings. The first-order valence-electron chi connectivity index (χ1n) is 16.3. The van der Waals surface area contributed by atoms with Crippen LogP contribution in [0.5, 0.6) is 17.2 Å². The van der Waals surface area contributed by atoms with Crippen LogP contribution in [0.4, 0.5) is 4.39 Å². The summed E-state index contributed by atoms with van der Waals surface area (Å²) in [5, 5.41) is 0. The number of benzene rings is 3. The van der Waals surface area contributed by atoms with Gasteiger partial charge in [0.25, 0.3) is 0 Å². The summed E-state index contributed by atoms with van der Waals surface area (Å²) in [6.07, 6.45) is 5.39. The molecule has 1 aliphatic heterocycles. The van der Waals surface area contributed by atoms with Gasteiger partial charge in [-0.2, -0.15) is 0 Å². The molecule has 0 amide bonds. The molecule has 0 spiro atoms. The number of esters is 2. The van der Waals surface area contributed by atoms with E-state index in [1.54, 1.807) is 37.3 Å². The smallest absolute Gasteiger partial charge is 0.341 e. The van der Waals surface area contributed by atoms with Crippen LogP contribution in [0.15, 0.2) is 112 Å². The van der Waals surface area contributed by atoms with E-state index in [2.05, 4.69) is 18.2 Å². The summed E-state index contributed by atoms with van der Waals surface area (Å²) in [7, 11) is 2.63. The molecule has 0 aliphatic carbocycles. The standard InChI is InChI=1S/C21H22O5.C20H15FO5/c1-5-6-15-9-13(2)25-20-11-16(7-8-18(15)20)24-12-17-10-19(14(3)26-17)21(22)23-4;1-24-20(23)17-10-11-25-18(17)12-26-16-8-4-14(5-9-16)19(22)13-2-6-15(21)7-3-13/h7-11H,2,5-6,12H2,1,3-4H3;2-11H,12H2,1H3. The molecule has 0 unspecified atom stereocenters. The molecule has 6 rings (SSSR count). The third-order valence-electron chi connectivity index (χ3n) is 7.89. The molecule has 10 nitrogen and oxygen atoms in total. The lowest BCUT2D eigenvalue weighted by molar-refractivity contribution is 0.0588. The van der Waals surface area contributed by atoms with Crippen LogP contribution >= 0.6 is 0 Å². The third-order valence-corrected chi connectivity index (χ3v) is 7.89. The number of halogens is 1. The molecule has 0 N–H and O–H groups in total. The van der Waals surface area contributed by atoms with Crippen LogP contribution in [0, 0.1) is 12.7 Å². The monoisotopic (exact) mass is 708 g/mol. The molecule has 0 bridgehead atoms.